The summed E-state index contributed by atoms with van der Waals surface area (Å²) in [6.45, 7) is 1.31. The number of amides is 1. The Morgan fingerprint density at radius 1 is 1.03 bits per heavy atom. The van der Waals surface area contributed by atoms with Gasteiger partial charge in [0.25, 0.3) is 0 Å². The molecular formula is C23H18N2O4S. The van der Waals surface area contributed by atoms with Gasteiger partial charge in [0.15, 0.2) is 4.75 Å². The van der Waals surface area contributed by atoms with E-state index in [2.05, 4.69) is 4.99 Å². The molecule has 2 aromatic carbocycles. The number of fused-ring (bicyclic) bond motifs is 1. The van der Waals surface area contributed by atoms with Crippen LogP contribution in [0.3, 0.4) is 0 Å². The topological polar surface area (TPSA) is 88.8 Å². The summed E-state index contributed by atoms with van der Waals surface area (Å²) in [4.78, 5) is 33.3. The lowest BCUT2D eigenvalue weighted by molar-refractivity contribution is -0.138. The van der Waals surface area contributed by atoms with Crippen LogP contribution in [0.2, 0.25) is 0 Å². The number of carboxylic acids is 1. The molecule has 0 spiro atoms. The first-order valence-electron chi connectivity index (χ1n) is 9.19. The highest BCUT2D eigenvalue weighted by atomic mass is 32.2. The van der Waals surface area contributed by atoms with E-state index in [0.29, 0.717) is 21.8 Å². The number of carbonyl (C=O) groups is 2. The predicted octanol–water partition coefficient (Wildman–Crippen LogP) is 4.18. The van der Waals surface area contributed by atoms with Crippen molar-refractivity contribution in [3.63, 3.8) is 0 Å². The molecule has 3 aromatic rings. The van der Waals surface area contributed by atoms with Crippen LogP contribution in [0.4, 0.5) is 0 Å². The number of nitrogens with zero attached hydrogens (tertiary/aromatic N) is 2. The third kappa shape index (κ3) is 3.27. The van der Waals surface area contributed by atoms with Crippen molar-refractivity contribution < 1.29 is 19.4 Å². The summed E-state index contributed by atoms with van der Waals surface area (Å²) < 4.78 is 3.65. The molecule has 2 heterocycles. The van der Waals surface area contributed by atoms with Crippen LogP contribution in [-0.2, 0) is 14.3 Å². The van der Waals surface area contributed by atoms with Gasteiger partial charge in [-0.05, 0) is 42.0 Å². The minimum atomic E-state index is -1.54. The Morgan fingerprint density at radius 2 is 1.73 bits per heavy atom. The van der Waals surface area contributed by atoms with Crippen LogP contribution in [0.25, 0.3) is 11.3 Å². The first-order chi connectivity index (χ1) is 14.5. The van der Waals surface area contributed by atoms with Crippen molar-refractivity contribution >= 4 is 29.4 Å². The molecule has 1 aliphatic rings. The highest BCUT2D eigenvalue weighted by Crippen LogP contribution is 2.51. The largest absolute Gasteiger partial charge is 0.497 e. The summed E-state index contributed by atoms with van der Waals surface area (Å²) in [5.74, 6) is -0.818. The van der Waals surface area contributed by atoms with Gasteiger partial charge in [0.05, 0.1) is 18.5 Å². The number of ether oxygens (including phenoxy) is 1. The minimum absolute atomic E-state index is 0.197. The van der Waals surface area contributed by atoms with Crippen molar-refractivity contribution in [2.45, 2.75) is 16.7 Å². The molecule has 1 amide bonds. The fourth-order valence-electron chi connectivity index (χ4n) is 3.44. The zero-order valence-corrected chi connectivity index (χ0v) is 17.1. The van der Waals surface area contributed by atoms with Gasteiger partial charge in [-0.25, -0.2) is 14.8 Å². The first-order valence-corrected chi connectivity index (χ1v) is 10.0. The second-order valence-electron chi connectivity index (χ2n) is 6.71. The van der Waals surface area contributed by atoms with Gasteiger partial charge >= 0.3 is 5.97 Å². The number of thioether (sulfide) groups is 1. The van der Waals surface area contributed by atoms with E-state index in [4.69, 9.17) is 9.72 Å². The monoisotopic (exact) mass is 418 g/mol. The van der Waals surface area contributed by atoms with Gasteiger partial charge in [-0.15, -0.1) is 0 Å². The van der Waals surface area contributed by atoms with E-state index >= 15 is 0 Å². The Balaban J connectivity index is 1.88. The summed E-state index contributed by atoms with van der Waals surface area (Å²) in [6.07, 6.45) is 0. The number of carbonyl (C=O) groups excluding carboxylic acids is 1. The lowest BCUT2D eigenvalue weighted by Gasteiger charge is -2.24. The Morgan fingerprint density at radius 3 is 2.33 bits per heavy atom. The molecule has 0 saturated heterocycles. The molecule has 1 aromatic heterocycles. The van der Waals surface area contributed by atoms with Crippen molar-refractivity contribution in [2.75, 3.05) is 7.11 Å². The number of aliphatic imine (C=N–C) groups is 1. The van der Waals surface area contributed by atoms with Crippen LogP contribution in [-0.4, -0.2) is 34.8 Å². The van der Waals surface area contributed by atoms with Crippen LogP contribution < -0.4 is 4.74 Å². The molecular weight excluding hydrogens is 400 g/mol. The van der Waals surface area contributed by atoms with E-state index in [1.54, 1.807) is 43.5 Å². The third-order valence-corrected chi connectivity index (χ3v) is 6.25. The molecule has 150 valence electrons. The molecule has 6 nitrogen and oxygen atoms in total. The summed E-state index contributed by atoms with van der Waals surface area (Å²) in [7, 11) is 1.60. The SMILES string of the molecule is COc1ccc(-c2ccc3c(n2)SC(C(=O)O)(c2ccccc2)C3=NC(C)=O)cc1. The lowest BCUT2D eigenvalue weighted by atomic mass is 9.89. The second-order valence-corrected chi connectivity index (χ2v) is 7.91. The van der Waals surface area contributed by atoms with Gasteiger partial charge in [-0.1, -0.05) is 42.1 Å². The molecule has 0 aliphatic carbocycles. The molecule has 1 N–H and O–H groups in total. The van der Waals surface area contributed by atoms with Crippen molar-refractivity contribution in [3.8, 4) is 17.0 Å². The predicted molar refractivity (Wildman–Crippen MR) is 115 cm³/mol. The second kappa shape index (κ2) is 7.76. The van der Waals surface area contributed by atoms with E-state index in [1.165, 1.54) is 6.92 Å². The van der Waals surface area contributed by atoms with Crippen LogP contribution >= 0.6 is 11.8 Å². The quantitative estimate of drug-likeness (QED) is 0.684. The van der Waals surface area contributed by atoms with E-state index in [-0.39, 0.29) is 5.71 Å². The van der Waals surface area contributed by atoms with Crippen LogP contribution in [0.5, 0.6) is 5.75 Å². The zero-order valence-electron chi connectivity index (χ0n) is 16.3. The fourth-order valence-corrected chi connectivity index (χ4v) is 4.74. The standard InChI is InChI=1S/C23H18N2O4S/c1-14(26)24-20-18-12-13-19(15-8-10-17(29-2)11-9-15)25-21(18)30-23(20,22(27)28)16-6-4-3-5-7-16/h3-13H,1-2H3,(H,27,28). The number of hydrogen-bond donors (Lipinski definition) is 1. The Bertz CT molecular complexity index is 1160. The van der Waals surface area contributed by atoms with Gasteiger partial charge in [0.1, 0.15) is 10.8 Å². The molecule has 1 atom stereocenters. The molecule has 30 heavy (non-hydrogen) atoms. The lowest BCUT2D eigenvalue weighted by Crippen LogP contribution is -2.38. The molecule has 1 unspecified atom stereocenters. The van der Waals surface area contributed by atoms with Gasteiger partial charge < -0.3 is 9.84 Å². The first kappa shape index (κ1) is 19.8. The minimum Gasteiger partial charge on any atom is -0.497 e. The number of rotatable bonds is 4. The highest BCUT2D eigenvalue weighted by Gasteiger charge is 2.53. The average molecular weight is 418 g/mol. The highest BCUT2D eigenvalue weighted by molar-refractivity contribution is 8.02. The van der Waals surface area contributed by atoms with Gasteiger partial charge in [0, 0.05) is 18.1 Å². The number of carboxylic acid groups (broad SMARTS) is 1. The zero-order chi connectivity index (χ0) is 21.3. The molecule has 0 bridgehead atoms. The Kier molecular flexibility index (Phi) is 5.13. The molecule has 1 aliphatic heterocycles. The average Bonchev–Trinajstić information content (AvgIpc) is 3.08. The fraction of sp³-hybridized carbons (Fsp3) is 0.130. The van der Waals surface area contributed by atoms with Crippen molar-refractivity contribution in [3.05, 3.63) is 77.9 Å². The maximum Gasteiger partial charge on any atom is 0.331 e. The number of hydrogen-bond acceptors (Lipinski definition) is 5. The molecule has 0 saturated carbocycles. The van der Waals surface area contributed by atoms with E-state index in [9.17, 15) is 14.7 Å². The smallest absolute Gasteiger partial charge is 0.331 e. The van der Waals surface area contributed by atoms with Crippen molar-refractivity contribution in [1.29, 1.82) is 0 Å². The van der Waals surface area contributed by atoms with Gasteiger partial charge in [-0.2, -0.15) is 0 Å². The van der Waals surface area contributed by atoms with Crippen molar-refractivity contribution in [2.24, 2.45) is 4.99 Å². The Labute approximate surface area is 177 Å². The molecule has 0 fully saturated rings. The summed E-state index contributed by atoms with van der Waals surface area (Å²) in [5.41, 5.74) is 2.85. The van der Waals surface area contributed by atoms with E-state index in [1.807, 2.05) is 30.3 Å². The number of aromatic nitrogens is 1. The maximum absolute atomic E-state index is 12.6. The molecule has 7 heteroatoms. The summed E-state index contributed by atoms with van der Waals surface area (Å²) in [5, 5.41) is 10.8. The number of aliphatic carboxylic acids is 1. The molecule has 0 radical (unpaired) electrons. The molecule has 4 rings (SSSR count). The number of benzene rings is 2. The summed E-state index contributed by atoms with van der Waals surface area (Å²) in [6, 6.07) is 19.9. The van der Waals surface area contributed by atoms with E-state index < -0.39 is 16.6 Å². The Hall–Kier alpha value is -3.45. The number of methoxy groups -OCH3 is 1. The number of pyridine rings is 1. The van der Waals surface area contributed by atoms with Crippen LogP contribution in [0.1, 0.15) is 18.1 Å². The van der Waals surface area contributed by atoms with Crippen LogP contribution in [0.15, 0.2) is 76.7 Å². The summed E-state index contributed by atoms with van der Waals surface area (Å²) >= 11 is 1.09. The van der Waals surface area contributed by atoms with Crippen LogP contribution in [0, 0.1) is 0 Å². The van der Waals surface area contributed by atoms with Gasteiger partial charge in [0.2, 0.25) is 5.91 Å². The van der Waals surface area contributed by atoms with Gasteiger partial charge in [-0.3, -0.25) is 4.79 Å². The third-order valence-electron chi connectivity index (χ3n) is 4.84. The maximum atomic E-state index is 12.6. The van der Waals surface area contributed by atoms with E-state index in [0.717, 1.165) is 23.1 Å². The van der Waals surface area contributed by atoms with Crippen molar-refractivity contribution in [1.82, 2.24) is 4.98 Å². The normalized spacial score (nSPS) is 18.8.